The fraction of sp³-hybridized carbons (Fsp3) is 1.00. The first-order valence-electron chi connectivity index (χ1n) is 7.33. The highest BCUT2D eigenvalue weighted by Crippen LogP contribution is 2.22. The van der Waals surface area contributed by atoms with Crippen LogP contribution < -0.4 is 5.73 Å². The highest BCUT2D eigenvalue weighted by Gasteiger charge is 2.27. The van der Waals surface area contributed by atoms with Crippen LogP contribution in [0.3, 0.4) is 0 Å². The van der Waals surface area contributed by atoms with Crippen molar-refractivity contribution in [2.45, 2.75) is 25.3 Å². The lowest BCUT2D eigenvalue weighted by Gasteiger charge is -2.38. The predicted molar refractivity (Wildman–Crippen MR) is 76.3 cm³/mol. The van der Waals surface area contributed by atoms with Crippen LogP contribution in [0.25, 0.3) is 0 Å². The summed E-state index contributed by atoms with van der Waals surface area (Å²) in [5.41, 5.74) is 6.03. The third-order valence-electron chi connectivity index (χ3n) is 3.90. The number of ether oxygens (including phenoxy) is 3. The lowest BCUT2D eigenvalue weighted by molar-refractivity contribution is 0.0184. The van der Waals surface area contributed by atoms with Gasteiger partial charge in [0.2, 0.25) is 0 Å². The molecule has 0 amide bonds. The molecule has 0 aromatic heterocycles. The molecular weight excluding hydrogens is 244 g/mol. The van der Waals surface area contributed by atoms with E-state index in [1.165, 1.54) is 0 Å². The molecule has 5 heteroatoms. The van der Waals surface area contributed by atoms with Gasteiger partial charge in [-0.25, -0.2) is 0 Å². The molecular formula is C14H30N2O3. The van der Waals surface area contributed by atoms with Crippen molar-refractivity contribution in [3.63, 3.8) is 0 Å². The van der Waals surface area contributed by atoms with Crippen LogP contribution in [0.2, 0.25) is 0 Å². The molecule has 0 radical (unpaired) electrons. The summed E-state index contributed by atoms with van der Waals surface area (Å²) >= 11 is 0. The number of hydrogen-bond acceptors (Lipinski definition) is 5. The maximum atomic E-state index is 6.03. The standard InChI is InChI=1S/C14H30N2O3/c1-17-8-3-6-16(7-11-18-2)14(12-15)13-4-9-19-10-5-13/h13-14H,3-12,15H2,1-2H3. The topological polar surface area (TPSA) is 57.0 Å². The van der Waals surface area contributed by atoms with Gasteiger partial charge < -0.3 is 19.9 Å². The van der Waals surface area contributed by atoms with Gasteiger partial charge in [0.25, 0.3) is 0 Å². The Hall–Kier alpha value is -0.200. The van der Waals surface area contributed by atoms with Crippen LogP contribution in [0.15, 0.2) is 0 Å². The van der Waals surface area contributed by atoms with Crippen molar-refractivity contribution in [3.8, 4) is 0 Å². The summed E-state index contributed by atoms with van der Waals surface area (Å²) in [4.78, 5) is 2.47. The minimum absolute atomic E-state index is 0.441. The van der Waals surface area contributed by atoms with Crippen molar-refractivity contribution in [3.05, 3.63) is 0 Å². The highest BCUT2D eigenvalue weighted by atomic mass is 16.5. The van der Waals surface area contributed by atoms with Crippen molar-refractivity contribution >= 4 is 0 Å². The summed E-state index contributed by atoms with van der Waals surface area (Å²) in [6.07, 6.45) is 3.28. The molecule has 19 heavy (non-hydrogen) atoms. The van der Waals surface area contributed by atoms with Gasteiger partial charge in [0.15, 0.2) is 0 Å². The Morgan fingerprint density at radius 1 is 1.16 bits per heavy atom. The minimum atomic E-state index is 0.441. The molecule has 0 saturated carbocycles. The summed E-state index contributed by atoms with van der Waals surface area (Å²) in [6, 6.07) is 0.441. The van der Waals surface area contributed by atoms with Crippen molar-refractivity contribution in [1.82, 2.24) is 4.90 Å². The zero-order chi connectivity index (χ0) is 13.9. The fourth-order valence-corrected chi connectivity index (χ4v) is 2.80. The van der Waals surface area contributed by atoms with Gasteiger partial charge >= 0.3 is 0 Å². The second-order valence-corrected chi connectivity index (χ2v) is 5.13. The molecule has 0 aromatic rings. The van der Waals surface area contributed by atoms with Crippen LogP contribution >= 0.6 is 0 Å². The van der Waals surface area contributed by atoms with E-state index in [9.17, 15) is 0 Å². The van der Waals surface area contributed by atoms with Crippen LogP contribution in [0.5, 0.6) is 0 Å². The maximum Gasteiger partial charge on any atom is 0.0589 e. The number of nitrogens with zero attached hydrogens (tertiary/aromatic N) is 1. The van der Waals surface area contributed by atoms with Crippen LogP contribution in [-0.4, -0.2) is 71.2 Å². The van der Waals surface area contributed by atoms with Gasteiger partial charge in [-0.1, -0.05) is 0 Å². The van der Waals surface area contributed by atoms with E-state index in [0.29, 0.717) is 18.5 Å². The summed E-state index contributed by atoms with van der Waals surface area (Å²) in [7, 11) is 3.50. The van der Waals surface area contributed by atoms with Gasteiger partial charge in [0.1, 0.15) is 0 Å². The average Bonchev–Trinajstić information content (AvgIpc) is 2.46. The summed E-state index contributed by atoms with van der Waals surface area (Å²) in [6.45, 7) is 5.98. The second kappa shape index (κ2) is 10.6. The molecule has 1 atom stereocenters. The van der Waals surface area contributed by atoms with Crippen LogP contribution in [0.1, 0.15) is 19.3 Å². The van der Waals surface area contributed by atoms with Crippen LogP contribution in [-0.2, 0) is 14.2 Å². The Morgan fingerprint density at radius 3 is 2.42 bits per heavy atom. The lowest BCUT2D eigenvalue weighted by Crippen LogP contribution is -2.48. The Balaban J connectivity index is 2.50. The molecule has 0 bridgehead atoms. The maximum absolute atomic E-state index is 6.03. The summed E-state index contributed by atoms with van der Waals surface area (Å²) in [5, 5.41) is 0. The van der Waals surface area contributed by atoms with E-state index in [4.69, 9.17) is 19.9 Å². The second-order valence-electron chi connectivity index (χ2n) is 5.13. The van der Waals surface area contributed by atoms with Gasteiger partial charge in [-0.2, -0.15) is 0 Å². The fourth-order valence-electron chi connectivity index (χ4n) is 2.80. The molecule has 1 aliphatic rings. The van der Waals surface area contributed by atoms with E-state index < -0.39 is 0 Å². The van der Waals surface area contributed by atoms with Crippen LogP contribution in [0, 0.1) is 5.92 Å². The molecule has 1 unspecified atom stereocenters. The SMILES string of the molecule is COCCCN(CCOC)C(CN)C1CCOCC1. The lowest BCUT2D eigenvalue weighted by atomic mass is 9.90. The molecule has 2 N–H and O–H groups in total. The van der Waals surface area contributed by atoms with E-state index >= 15 is 0 Å². The van der Waals surface area contributed by atoms with Crippen LogP contribution in [0.4, 0.5) is 0 Å². The Kier molecular flexibility index (Phi) is 9.38. The number of hydrogen-bond donors (Lipinski definition) is 1. The molecule has 0 spiro atoms. The third-order valence-corrected chi connectivity index (χ3v) is 3.90. The molecule has 1 fully saturated rings. The van der Waals surface area contributed by atoms with E-state index in [1.807, 2.05) is 0 Å². The van der Waals surface area contributed by atoms with Gasteiger partial charge in [-0.05, 0) is 25.2 Å². The largest absolute Gasteiger partial charge is 0.385 e. The van der Waals surface area contributed by atoms with Gasteiger partial charge in [0.05, 0.1) is 6.61 Å². The smallest absolute Gasteiger partial charge is 0.0589 e. The third kappa shape index (κ3) is 6.19. The molecule has 0 aliphatic carbocycles. The molecule has 1 aliphatic heterocycles. The molecule has 114 valence electrons. The molecule has 5 nitrogen and oxygen atoms in total. The molecule has 0 aromatic carbocycles. The summed E-state index contributed by atoms with van der Waals surface area (Å²) < 4.78 is 15.8. The number of methoxy groups -OCH3 is 2. The first kappa shape index (κ1) is 16.9. The predicted octanol–water partition coefficient (Wildman–Crippen LogP) is 0.725. The Bertz CT molecular complexity index is 211. The van der Waals surface area contributed by atoms with Gasteiger partial charge in [-0.3, -0.25) is 4.90 Å². The number of nitrogens with two attached hydrogens (primary N) is 1. The summed E-state index contributed by atoms with van der Waals surface area (Å²) in [5.74, 6) is 0.651. The average molecular weight is 274 g/mol. The molecule has 1 saturated heterocycles. The van der Waals surface area contributed by atoms with Crippen molar-refractivity contribution in [2.75, 3.05) is 60.3 Å². The van der Waals surface area contributed by atoms with Crippen molar-refractivity contribution in [1.29, 1.82) is 0 Å². The van der Waals surface area contributed by atoms with Crippen molar-refractivity contribution in [2.24, 2.45) is 11.7 Å². The Labute approximate surface area is 117 Å². The zero-order valence-electron chi connectivity index (χ0n) is 12.5. The van der Waals surface area contributed by atoms with E-state index in [1.54, 1.807) is 14.2 Å². The van der Waals surface area contributed by atoms with E-state index in [2.05, 4.69) is 4.90 Å². The first-order valence-corrected chi connectivity index (χ1v) is 7.33. The Morgan fingerprint density at radius 2 is 1.84 bits per heavy atom. The quantitative estimate of drug-likeness (QED) is 0.595. The normalized spacial score (nSPS) is 18.9. The first-order chi connectivity index (χ1) is 9.33. The number of rotatable bonds is 10. The van der Waals surface area contributed by atoms with Gasteiger partial charge in [0, 0.05) is 59.7 Å². The monoisotopic (exact) mass is 274 g/mol. The van der Waals surface area contributed by atoms with Gasteiger partial charge in [-0.15, -0.1) is 0 Å². The van der Waals surface area contributed by atoms with Crippen molar-refractivity contribution < 1.29 is 14.2 Å². The molecule has 1 rings (SSSR count). The zero-order valence-corrected chi connectivity index (χ0v) is 12.5. The van der Waals surface area contributed by atoms with E-state index in [0.717, 1.165) is 58.8 Å². The highest BCUT2D eigenvalue weighted by molar-refractivity contribution is 4.82. The minimum Gasteiger partial charge on any atom is -0.385 e. The van der Waals surface area contributed by atoms with E-state index in [-0.39, 0.29) is 0 Å². The molecule has 1 heterocycles.